The Balaban J connectivity index is 4.80. The summed E-state index contributed by atoms with van der Waals surface area (Å²) >= 11 is 0. The molecule has 0 aliphatic heterocycles. The maximum Gasteiger partial charge on any atom is 0.407 e. The van der Waals surface area contributed by atoms with Gasteiger partial charge in [-0.25, -0.2) is 9.59 Å². The van der Waals surface area contributed by atoms with Gasteiger partial charge in [-0.1, -0.05) is 20.8 Å². The zero-order chi connectivity index (χ0) is 20.4. The lowest BCUT2D eigenvalue weighted by Crippen LogP contribution is -2.49. The van der Waals surface area contributed by atoms with Crippen molar-refractivity contribution in [2.24, 2.45) is 0 Å². The predicted molar refractivity (Wildman–Crippen MR) is 101 cm³/mol. The highest BCUT2D eigenvalue weighted by molar-refractivity contribution is 6.75. The first-order valence-electron chi connectivity index (χ1n) is 9.01. The van der Waals surface area contributed by atoms with Gasteiger partial charge in [0, 0.05) is 6.54 Å². The average Bonchev–Trinajstić information content (AvgIpc) is 2.49. The molecule has 26 heavy (non-hydrogen) atoms. The van der Waals surface area contributed by atoms with Crippen molar-refractivity contribution >= 4 is 26.5 Å². The molecule has 0 aliphatic carbocycles. The normalized spacial score (nSPS) is 12.7. The summed E-state index contributed by atoms with van der Waals surface area (Å²) in [5.74, 6) is -0.472. The summed E-state index contributed by atoms with van der Waals surface area (Å²) in [5.41, 5.74) is 0. The Labute approximate surface area is 157 Å². The third kappa shape index (κ3) is 9.07. The van der Waals surface area contributed by atoms with Crippen LogP contribution in [0, 0.1) is 0 Å². The Morgan fingerprint density at radius 1 is 1.00 bits per heavy atom. The van der Waals surface area contributed by atoms with Crippen LogP contribution >= 0.6 is 0 Å². The van der Waals surface area contributed by atoms with Crippen LogP contribution in [0.4, 0.5) is 9.59 Å². The maximum atomic E-state index is 12.6. The first-order chi connectivity index (χ1) is 11.9. The number of carbonyl (C=O) groups excluding carboxylic acids is 3. The Bertz CT molecular complexity index is 476. The molecule has 152 valence electrons. The van der Waals surface area contributed by atoms with Crippen LogP contribution in [0.1, 0.15) is 47.5 Å². The standard InChI is InChI=1S/C17H34N2O6Si/c1-8-23-15(21)18-12-10-11-13(19-16(22)24-9-2)14(20)25-26(6,7)17(3,4)5/h13H,8-12H2,1-7H3,(H,18,21)(H,19,22). The molecule has 0 radical (unpaired) electrons. The number of alkyl carbamates (subject to hydrolysis) is 2. The zero-order valence-electron chi connectivity index (χ0n) is 17.1. The van der Waals surface area contributed by atoms with Crippen molar-refractivity contribution in [2.75, 3.05) is 19.8 Å². The predicted octanol–water partition coefficient (Wildman–Crippen LogP) is 3.18. The van der Waals surface area contributed by atoms with Gasteiger partial charge in [0.05, 0.1) is 13.2 Å². The molecule has 0 saturated carbocycles. The summed E-state index contributed by atoms with van der Waals surface area (Å²) in [4.78, 5) is 35.6. The number of ether oxygens (including phenoxy) is 2. The molecule has 1 unspecified atom stereocenters. The molecule has 0 aliphatic rings. The maximum absolute atomic E-state index is 12.6. The number of amides is 2. The lowest BCUT2D eigenvalue weighted by atomic mass is 10.1. The van der Waals surface area contributed by atoms with Gasteiger partial charge in [-0.3, -0.25) is 4.79 Å². The molecule has 9 heteroatoms. The van der Waals surface area contributed by atoms with Crippen molar-refractivity contribution in [1.82, 2.24) is 10.6 Å². The molecule has 0 bridgehead atoms. The fourth-order valence-corrected chi connectivity index (χ4v) is 2.67. The van der Waals surface area contributed by atoms with Crippen molar-refractivity contribution in [3.63, 3.8) is 0 Å². The Hall–Kier alpha value is -1.77. The van der Waals surface area contributed by atoms with Crippen molar-refractivity contribution in [1.29, 1.82) is 0 Å². The van der Waals surface area contributed by atoms with Crippen molar-refractivity contribution in [3.05, 3.63) is 0 Å². The van der Waals surface area contributed by atoms with Gasteiger partial charge >= 0.3 is 18.2 Å². The van der Waals surface area contributed by atoms with Gasteiger partial charge in [0.25, 0.3) is 8.32 Å². The number of rotatable bonds is 9. The van der Waals surface area contributed by atoms with E-state index >= 15 is 0 Å². The molecule has 2 amide bonds. The topological polar surface area (TPSA) is 103 Å². The quantitative estimate of drug-likeness (QED) is 0.463. The molecule has 0 rings (SSSR count). The molecule has 2 N–H and O–H groups in total. The van der Waals surface area contributed by atoms with Gasteiger partial charge in [0.15, 0.2) is 0 Å². The fraction of sp³-hybridized carbons (Fsp3) is 0.824. The summed E-state index contributed by atoms with van der Waals surface area (Å²) < 4.78 is 15.4. The second-order valence-corrected chi connectivity index (χ2v) is 12.1. The third-order valence-corrected chi connectivity index (χ3v) is 8.55. The molecule has 0 spiro atoms. The van der Waals surface area contributed by atoms with E-state index in [9.17, 15) is 14.4 Å². The van der Waals surface area contributed by atoms with E-state index in [-0.39, 0.29) is 18.3 Å². The monoisotopic (exact) mass is 390 g/mol. The zero-order valence-corrected chi connectivity index (χ0v) is 18.1. The van der Waals surface area contributed by atoms with Crippen LogP contribution < -0.4 is 10.6 Å². The van der Waals surface area contributed by atoms with E-state index in [2.05, 4.69) is 10.6 Å². The van der Waals surface area contributed by atoms with E-state index in [0.717, 1.165) is 0 Å². The van der Waals surface area contributed by atoms with Crippen LogP contribution in [0.15, 0.2) is 0 Å². The summed E-state index contributed by atoms with van der Waals surface area (Å²) in [7, 11) is -2.31. The summed E-state index contributed by atoms with van der Waals surface area (Å²) in [6.45, 7) is 14.3. The van der Waals surface area contributed by atoms with Gasteiger partial charge in [0.2, 0.25) is 0 Å². The molecule has 0 aromatic rings. The highest BCUT2D eigenvalue weighted by atomic mass is 28.4. The minimum atomic E-state index is -2.31. The number of nitrogens with one attached hydrogen (secondary N) is 2. The number of carbonyl (C=O) groups is 3. The van der Waals surface area contributed by atoms with Crippen LogP contribution in [0.25, 0.3) is 0 Å². The van der Waals surface area contributed by atoms with Crippen LogP contribution in [0.3, 0.4) is 0 Å². The van der Waals surface area contributed by atoms with Crippen molar-refractivity contribution < 1.29 is 28.3 Å². The largest absolute Gasteiger partial charge is 0.518 e. The minimum absolute atomic E-state index is 0.136. The smallest absolute Gasteiger partial charge is 0.407 e. The van der Waals surface area contributed by atoms with Gasteiger partial charge in [-0.15, -0.1) is 0 Å². The highest BCUT2D eigenvalue weighted by Crippen LogP contribution is 2.36. The van der Waals surface area contributed by atoms with Crippen molar-refractivity contribution in [2.45, 2.75) is 71.6 Å². The summed E-state index contributed by atoms with van der Waals surface area (Å²) in [6, 6.07) is -0.827. The van der Waals surface area contributed by atoms with Crippen LogP contribution in [0.2, 0.25) is 18.1 Å². The molecular weight excluding hydrogens is 356 g/mol. The van der Waals surface area contributed by atoms with E-state index in [1.54, 1.807) is 13.8 Å². The third-order valence-electron chi connectivity index (χ3n) is 4.23. The van der Waals surface area contributed by atoms with E-state index in [0.29, 0.717) is 19.4 Å². The Morgan fingerprint density at radius 2 is 1.54 bits per heavy atom. The molecule has 1 atom stereocenters. The van der Waals surface area contributed by atoms with E-state index in [4.69, 9.17) is 13.9 Å². The lowest BCUT2D eigenvalue weighted by molar-refractivity contribution is -0.138. The Morgan fingerprint density at radius 3 is 2.04 bits per heavy atom. The molecule has 0 fully saturated rings. The second kappa shape index (κ2) is 11.0. The van der Waals surface area contributed by atoms with Gasteiger partial charge in [-0.2, -0.15) is 0 Å². The highest BCUT2D eigenvalue weighted by Gasteiger charge is 2.41. The lowest BCUT2D eigenvalue weighted by Gasteiger charge is -2.36. The molecule has 0 aromatic heterocycles. The molecule has 8 nitrogen and oxygen atoms in total. The van der Waals surface area contributed by atoms with E-state index < -0.39 is 32.5 Å². The summed E-state index contributed by atoms with van der Waals surface area (Å²) in [6.07, 6.45) is -0.379. The van der Waals surface area contributed by atoms with Gasteiger partial charge in [-0.05, 0) is 44.8 Å². The van der Waals surface area contributed by atoms with E-state index in [1.165, 1.54) is 0 Å². The number of hydrogen-bond donors (Lipinski definition) is 2. The SMILES string of the molecule is CCOC(=O)NCCCC(NC(=O)OCC)C(=O)O[Si](C)(C)C(C)(C)C. The van der Waals surface area contributed by atoms with Crippen LogP contribution in [-0.4, -0.2) is 52.3 Å². The fourth-order valence-electron chi connectivity index (χ4n) is 1.72. The minimum Gasteiger partial charge on any atom is -0.518 e. The number of hydrogen-bond acceptors (Lipinski definition) is 6. The molecule has 0 heterocycles. The summed E-state index contributed by atoms with van der Waals surface area (Å²) in [5, 5.41) is 4.99. The molecular formula is C17H34N2O6Si. The molecule has 0 saturated heterocycles. The van der Waals surface area contributed by atoms with Crippen molar-refractivity contribution in [3.8, 4) is 0 Å². The first-order valence-corrected chi connectivity index (χ1v) is 11.9. The Kier molecular flexibility index (Phi) is 10.3. The molecule has 0 aromatic carbocycles. The second-order valence-electron chi connectivity index (χ2n) is 7.39. The van der Waals surface area contributed by atoms with Gasteiger partial charge < -0.3 is 24.5 Å². The van der Waals surface area contributed by atoms with Gasteiger partial charge in [0.1, 0.15) is 6.04 Å². The first kappa shape index (κ1) is 24.2. The van der Waals surface area contributed by atoms with E-state index in [1.807, 2.05) is 33.9 Å². The van der Waals surface area contributed by atoms with Crippen LogP contribution in [-0.2, 0) is 18.7 Å². The van der Waals surface area contributed by atoms with Crippen LogP contribution in [0.5, 0.6) is 0 Å². The average molecular weight is 391 g/mol.